The molecular formula is C12H6Cl4N2O. The molecule has 1 heterocycles. The molecule has 0 saturated heterocycles. The first-order chi connectivity index (χ1) is 8.91. The Morgan fingerprint density at radius 1 is 0.737 bits per heavy atom. The van der Waals surface area contributed by atoms with E-state index in [2.05, 4.69) is 0 Å². The molecule has 0 saturated carbocycles. The van der Waals surface area contributed by atoms with E-state index in [1.165, 1.54) is 0 Å². The Hall–Kier alpha value is -1.000. The summed E-state index contributed by atoms with van der Waals surface area (Å²) < 4.78 is 5.64. The summed E-state index contributed by atoms with van der Waals surface area (Å²) in [5.74, 6) is 0. The molecule has 0 unspecified atom stereocenters. The maximum Gasteiger partial charge on any atom is 0.156 e. The summed E-state index contributed by atoms with van der Waals surface area (Å²) in [6, 6.07) is 3.32. The third-order valence-corrected chi connectivity index (χ3v) is 4.29. The molecule has 3 nitrogen and oxygen atoms in total. The summed E-state index contributed by atoms with van der Waals surface area (Å²) in [5.41, 5.74) is 12.8. The third kappa shape index (κ3) is 1.73. The van der Waals surface area contributed by atoms with Gasteiger partial charge in [-0.05, 0) is 12.1 Å². The van der Waals surface area contributed by atoms with Gasteiger partial charge in [-0.3, -0.25) is 0 Å². The number of furan rings is 1. The Kier molecular flexibility index (Phi) is 2.91. The van der Waals surface area contributed by atoms with Gasteiger partial charge in [0, 0.05) is 10.8 Å². The highest BCUT2D eigenvalue weighted by Gasteiger charge is 2.19. The summed E-state index contributed by atoms with van der Waals surface area (Å²) in [7, 11) is 0. The quantitative estimate of drug-likeness (QED) is 0.543. The van der Waals surface area contributed by atoms with Gasteiger partial charge in [-0.2, -0.15) is 0 Å². The average molecular weight is 336 g/mol. The molecule has 2 aromatic carbocycles. The van der Waals surface area contributed by atoms with Crippen LogP contribution in [0, 0.1) is 0 Å². The van der Waals surface area contributed by atoms with E-state index in [1.807, 2.05) is 0 Å². The lowest BCUT2D eigenvalue weighted by molar-refractivity contribution is 0.669. The number of halogens is 4. The monoisotopic (exact) mass is 334 g/mol. The number of nitrogens with two attached hydrogens (primary N) is 2. The molecule has 7 heteroatoms. The number of anilines is 2. The van der Waals surface area contributed by atoms with Crippen LogP contribution >= 0.6 is 46.4 Å². The van der Waals surface area contributed by atoms with Crippen molar-refractivity contribution in [3.8, 4) is 0 Å². The molecular weight excluding hydrogens is 330 g/mol. The summed E-state index contributed by atoms with van der Waals surface area (Å²) >= 11 is 24.3. The molecule has 0 atom stereocenters. The van der Waals surface area contributed by atoms with Gasteiger partial charge < -0.3 is 15.9 Å². The van der Waals surface area contributed by atoms with Crippen LogP contribution < -0.4 is 11.5 Å². The van der Waals surface area contributed by atoms with Crippen molar-refractivity contribution in [3.05, 3.63) is 32.2 Å². The van der Waals surface area contributed by atoms with Crippen molar-refractivity contribution in [1.29, 1.82) is 0 Å². The first-order valence-electron chi connectivity index (χ1n) is 5.15. The van der Waals surface area contributed by atoms with Crippen molar-refractivity contribution in [3.63, 3.8) is 0 Å². The van der Waals surface area contributed by atoms with Crippen molar-refractivity contribution < 1.29 is 4.42 Å². The standard InChI is InChI=1S/C12H6Cl4N2O/c13-5-1-3-4-2-6(14)10(18)8(16)12(4)19-11(3)7(15)9(5)17/h1-2H,17-18H2. The minimum absolute atomic E-state index is 0.240. The van der Waals surface area contributed by atoms with Gasteiger partial charge in [-0.15, -0.1) is 0 Å². The Balaban J connectivity index is 2.61. The second-order valence-electron chi connectivity index (χ2n) is 4.03. The van der Waals surface area contributed by atoms with Crippen LogP contribution in [-0.4, -0.2) is 0 Å². The predicted molar refractivity (Wildman–Crippen MR) is 82.6 cm³/mol. The zero-order valence-corrected chi connectivity index (χ0v) is 12.3. The Morgan fingerprint density at radius 3 is 1.47 bits per heavy atom. The molecule has 0 fully saturated rings. The number of benzene rings is 2. The van der Waals surface area contributed by atoms with E-state index in [4.69, 9.17) is 62.3 Å². The zero-order chi connectivity index (χ0) is 13.9. The molecule has 0 amide bonds. The molecule has 3 rings (SSSR count). The largest absolute Gasteiger partial charge is 0.453 e. The Labute approximate surface area is 127 Å². The van der Waals surface area contributed by atoms with Crippen LogP contribution in [0.25, 0.3) is 21.9 Å². The normalized spacial score (nSPS) is 11.6. The van der Waals surface area contributed by atoms with Crippen LogP contribution in [0.4, 0.5) is 11.4 Å². The van der Waals surface area contributed by atoms with Crippen LogP contribution in [0.5, 0.6) is 0 Å². The van der Waals surface area contributed by atoms with E-state index in [0.29, 0.717) is 32.0 Å². The van der Waals surface area contributed by atoms with Crippen LogP contribution in [0.15, 0.2) is 16.5 Å². The Bertz CT molecular complexity index is 773. The highest BCUT2D eigenvalue weighted by Crippen LogP contribution is 2.44. The van der Waals surface area contributed by atoms with Gasteiger partial charge in [0.15, 0.2) is 11.2 Å². The molecule has 0 spiro atoms. The van der Waals surface area contributed by atoms with E-state index < -0.39 is 0 Å². The van der Waals surface area contributed by atoms with E-state index in [0.717, 1.165) is 0 Å². The molecule has 4 N–H and O–H groups in total. The molecule has 0 aliphatic heterocycles. The average Bonchev–Trinajstić information content (AvgIpc) is 2.73. The minimum Gasteiger partial charge on any atom is -0.453 e. The Morgan fingerprint density at radius 2 is 1.11 bits per heavy atom. The number of fused-ring (bicyclic) bond motifs is 3. The molecule has 98 valence electrons. The SMILES string of the molecule is Nc1c(Cl)cc2c(oc3c(Cl)c(N)c(Cl)cc32)c1Cl. The van der Waals surface area contributed by atoms with Crippen molar-refractivity contribution in [2.24, 2.45) is 0 Å². The number of nitrogen functional groups attached to an aromatic ring is 2. The molecule has 0 aliphatic carbocycles. The fourth-order valence-electron chi connectivity index (χ4n) is 1.93. The third-order valence-electron chi connectivity index (χ3n) is 2.91. The van der Waals surface area contributed by atoms with Crippen molar-refractivity contribution >= 4 is 79.7 Å². The number of hydrogen-bond donors (Lipinski definition) is 2. The van der Waals surface area contributed by atoms with Gasteiger partial charge in [0.1, 0.15) is 10.0 Å². The van der Waals surface area contributed by atoms with Gasteiger partial charge >= 0.3 is 0 Å². The molecule has 3 aromatic rings. The van der Waals surface area contributed by atoms with Crippen molar-refractivity contribution in [2.45, 2.75) is 0 Å². The number of hydrogen-bond acceptors (Lipinski definition) is 3. The summed E-state index contributed by atoms with van der Waals surface area (Å²) in [5, 5.41) is 2.52. The highest BCUT2D eigenvalue weighted by atomic mass is 35.5. The summed E-state index contributed by atoms with van der Waals surface area (Å²) in [6.07, 6.45) is 0. The minimum atomic E-state index is 0.240. The molecule has 0 radical (unpaired) electrons. The van der Waals surface area contributed by atoms with E-state index in [9.17, 15) is 0 Å². The number of rotatable bonds is 0. The van der Waals surface area contributed by atoms with Gasteiger partial charge in [0.05, 0.1) is 21.4 Å². The highest BCUT2D eigenvalue weighted by molar-refractivity contribution is 6.45. The van der Waals surface area contributed by atoms with Crippen LogP contribution in [0.1, 0.15) is 0 Å². The fraction of sp³-hybridized carbons (Fsp3) is 0. The van der Waals surface area contributed by atoms with Gasteiger partial charge in [0.2, 0.25) is 0 Å². The van der Waals surface area contributed by atoms with Gasteiger partial charge in [-0.25, -0.2) is 0 Å². The first-order valence-corrected chi connectivity index (χ1v) is 6.66. The van der Waals surface area contributed by atoms with Crippen molar-refractivity contribution in [2.75, 3.05) is 11.5 Å². The van der Waals surface area contributed by atoms with Crippen LogP contribution in [-0.2, 0) is 0 Å². The predicted octanol–water partition coefficient (Wildman–Crippen LogP) is 5.36. The molecule has 0 aliphatic rings. The van der Waals surface area contributed by atoms with Crippen LogP contribution in [0.3, 0.4) is 0 Å². The molecule has 19 heavy (non-hydrogen) atoms. The smallest absolute Gasteiger partial charge is 0.156 e. The topological polar surface area (TPSA) is 65.2 Å². The second-order valence-corrected chi connectivity index (χ2v) is 5.60. The fourth-order valence-corrected chi connectivity index (χ4v) is 2.92. The summed E-state index contributed by atoms with van der Waals surface area (Å²) in [4.78, 5) is 0. The van der Waals surface area contributed by atoms with Gasteiger partial charge in [-0.1, -0.05) is 46.4 Å². The van der Waals surface area contributed by atoms with E-state index in [-0.39, 0.29) is 21.4 Å². The lowest BCUT2D eigenvalue weighted by Gasteiger charge is -2.01. The molecule has 1 aromatic heterocycles. The summed E-state index contributed by atoms with van der Waals surface area (Å²) in [6.45, 7) is 0. The van der Waals surface area contributed by atoms with E-state index in [1.54, 1.807) is 12.1 Å². The lowest BCUT2D eigenvalue weighted by Crippen LogP contribution is -1.88. The maximum atomic E-state index is 6.12. The zero-order valence-electron chi connectivity index (χ0n) is 9.23. The second kappa shape index (κ2) is 4.25. The maximum absolute atomic E-state index is 6.12. The van der Waals surface area contributed by atoms with Gasteiger partial charge in [0.25, 0.3) is 0 Å². The van der Waals surface area contributed by atoms with Crippen LogP contribution in [0.2, 0.25) is 20.1 Å². The first kappa shape index (κ1) is 13.0. The molecule has 0 bridgehead atoms. The van der Waals surface area contributed by atoms with Crippen molar-refractivity contribution in [1.82, 2.24) is 0 Å². The lowest BCUT2D eigenvalue weighted by atomic mass is 10.1. The van der Waals surface area contributed by atoms with E-state index >= 15 is 0 Å².